The molecule has 3 aromatic rings. The number of primary amides is 1. The Bertz CT molecular complexity index is 1070. The molecular formula is C24H32FIN6O. The Labute approximate surface area is 211 Å². The summed E-state index contributed by atoms with van der Waals surface area (Å²) in [6, 6.07) is 14.2. The van der Waals surface area contributed by atoms with Crippen LogP contribution in [0, 0.1) is 18.7 Å². The van der Waals surface area contributed by atoms with Crippen LogP contribution in [0.15, 0.2) is 53.5 Å². The number of para-hydroxylation sites is 2. The summed E-state index contributed by atoms with van der Waals surface area (Å²) in [6.45, 7) is 6.53. The molecule has 1 amide bonds. The molecule has 0 aliphatic rings. The van der Waals surface area contributed by atoms with Crippen molar-refractivity contribution in [2.24, 2.45) is 16.6 Å². The number of hydrogen-bond acceptors (Lipinski definition) is 3. The average molecular weight is 566 g/mol. The Morgan fingerprint density at radius 2 is 1.91 bits per heavy atom. The van der Waals surface area contributed by atoms with Crippen LogP contribution in [0.1, 0.15) is 24.7 Å². The number of nitrogens with zero attached hydrogens (tertiary/aromatic N) is 3. The zero-order chi connectivity index (χ0) is 22.9. The molecule has 3 rings (SSSR count). The Balaban J connectivity index is 0.00000385. The van der Waals surface area contributed by atoms with Gasteiger partial charge >= 0.3 is 0 Å². The van der Waals surface area contributed by atoms with E-state index in [0.29, 0.717) is 18.9 Å². The van der Waals surface area contributed by atoms with E-state index in [2.05, 4.69) is 31.2 Å². The first-order valence-electron chi connectivity index (χ1n) is 11.0. The Morgan fingerprint density at radius 3 is 2.61 bits per heavy atom. The lowest BCUT2D eigenvalue weighted by atomic mass is 9.99. The van der Waals surface area contributed by atoms with Crippen molar-refractivity contribution in [2.75, 3.05) is 19.6 Å². The second kappa shape index (κ2) is 13.1. The number of nitrogens with two attached hydrogens (primary N) is 1. The quantitative estimate of drug-likeness (QED) is 0.152. The van der Waals surface area contributed by atoms with Crippen LogP contribution in [-0.2, 0) is 17.8 Å². The van der Waals surface area contributed by atoms with Gasteiger partial charge in [-0.15, -0.1) is 24.0 Å². The van der Waals surface area contributed by atoms with Gasteiger partial charge in [0.25, 0.3) is 0 Å². The van der Waals surface area contributed by atoms with Gasteiger partial charge in [0.05, 0.1) is 23.5 Å². The molecule has 1 atom stereocenters. The van der Waals surface area contributed by atoms with E-state index in [4.69, 9.17) is 5.73 Å². The molecule has 0 spiro atoms. The maximum absolute atomic E-state index is 13.1. The highest BCUT2D eigenvalue weighted by atomic mass is 127. The number of aliphatic imine (C=N–C) groups is 1. The summed E-state index contributed by atoms with van der Waals surface area (Å²) in [4.78, 5) is 21.1. The highest BCUT2D eigenvalue weighted by molar-refractivity contribution is 14.0. The van der Waals surface area contributed by atoms with Gasteiger partial charge in [-0.05, 0) is 56.5 Å². The lowest BCUT2D eigenvalue weighted by Crippen LogP contribution is -2.39. The van der Waals surface area contributed by atoms with Gasteiger partial charge in [-0.3, -0.25) is 9.79 Å². The number of carbonyl (C=O) groups is 1. The normalized spacial score (nSPS) is 12.3. The number of benzene rings is 2. The van der Waals surface area contributed by atoms with Crippen molar-refractivity contribution < 1.29 is 9.18 Å². The van der Waals surface area contributed by atoms with Crippen molar-refractivity contribution >= 4 is 46.9 Å². The van der Waals surface area contributed by atoms with Crippen LogP contribution in [0.3, 0.4) is 0 Å². The van der Waals surface area contributed by atoms with Crippen molar-refractivity contribution in [1.82, 2.24) is 20.2 Å². The zero-order valence-electron chi connectivity index (χ0n) is 19.1. The fourth-order valence-electron chi connectivity index (χ4n) is 3.63. The number of halogens is 2. The lowest BCUT2D eigenvalue weighted by Gasteiger charge is -2.15. The predicted octanol–water partition coefficient (Wildman–Crippen LogP) is 3.39. The second-order valence-electron chi connectivity index (χ2n) is 7.73. The third-order valence-corrected chi connectivity index (χ3v) is 5.31. The molecule has 9 heteroatoms. The van der Waals surface area contributed by atoms with E-state index in [1.54, 1.807) is 12.1 Å². The molecule has 1 aromatic heterocycles. The van der Waals surface area contributed by atoms with Crippen LogP contribution in [0.4, 0.5) is 4.39 Å². The van der Waals surface area contributed by atoms with Crippen molar-refractivity contribution in [3.63, 3.8) is 0 Å². The third-order valence-electron chi connectivity index (χ3n) is 5.31. The van der Waals surface area contributed by atoms with Crippen LogP contribution in [0.5, 0.6) is 0 Å². The van der Waals surface area contributed by atoms with E-state index in [-0.39, 0.29) is 36.3 Å². The summed E-state index contributed by atoms with van der Waals surface area (Å²) in [6.07, 6.45) is 1.31. The highest BCUT2D eigenvalue weighted by Crippen LogP contribution is 2.15. The molecule has 0 saturated heterocycles. The third kappa shape index (κ3) is 7.69. The van der Waals surface area contributed by atoms with Crippen LogP contribution < -0.4 is 16.4 Å². The molecule has 0 aliphatic heterocycles. The van der Waals surface area contributed by atoms with Crippen molar-refractivity contribution in [2.45, 2.75) is 33.2 Å². The van der Waals surface area contributed by atoms with E-state index in [0.717, 1.165) is 41.9 Å². The van der Waals surface area contributed by atoms with Gasteiger partial charge in [0.2, 0.25) is 5.91 Å². The molecule has 2 aromatic carbocycles. The summed E-state index contributed by atoms with van der Waals surface area (Å²) in [5, 5.41) is 6.52. The molecule has 0 radical (unpaired) electrons. The molecule has 1 heterocycles. The lowest BCUT2D eigenvalue weighted by molar-refractivity contribution is -0.121. The van der Waals surface area contributed by atoms with Crippen LogP contribution in [-0.4, -0.2) is 41.1 Å². The average Bonchev–Trinajstić information content (AvgIpc) is 3.10. The molecule has 0 saturated carbocycles. The minimum atomic E-state index is -0.462. The molecular weight excluding hydrogens is 534 g/mol. The Kier molecular flexibility index (Phi) is 10.6. The monoisotopic (exact) mass is 566 g/mol. The first kappa shape index (κ1) is 26.6. The standard InChI is InChI=1S/C24H31FN6O.HI/c1-3-27-24(29-16-19(23(26)32)15-18-9-11-20(25)12-10-18)28-13-6-14-31-17(2)30-21-7-4-5-8-22(21)31;/h4-5,7-12,19H,3,6,13-16H2,1-2H3,(H2,26,32)(H2,27,28,29);1H. The van der Waals surface area contributed by atoms with E-state index in [1.165, 1.54) is 12.1 Å². The molecule has 4 N–H and O–H groups in total. The van der Waals surface area contributed by atoms with E-state index < -0.39 is 11.8 Å². The first-order valence-corrected chi connectivity index (χ1v) is 11.0. The molecule has 178 valence electrons. The first-order chi connectivity index (χ1) is 15.5. The number of amides is 1. The Hall–Kier alpha value is -2.69. The summed E-state index contributed by atoms with van der Waals surface area (Å²) < 4.78 is 15.3. The predicted molar refractivity (Wildman–Crippen MR) is 141 cm³/mol. The van der Waals surface area contributed by atoms with Gasteiger partial charge in [-0.25, -0.2) is 9.37 Å². The van der Waals surface area contributed by atoms with E-state index >= 15 is 0 Å². The van der Waals surface area contributed by atoms with E-state index in [9.17, 15) is 9.18 Å². The SMILES string of the molecule is CCNC(=NCC(Cc1ccc(F)cc1)C(N)=O)NCCCn1c(C)nc2ccccc21.I. The Morgan fingerprint density at radius 1 is 1.18 bits per heavy atom. The molecule has 0 fully saturated rings. The number of nitrogens with one attached hydrogen (secondary N) is 2. The van der Waals surface area contributed by atoms with Gasteiger partial charge in [-0.1, -0.05) is 24.3 Å². The number of carbonyl (C=O) groups excluding carboxylic acids is 1. The topological polar surface area (TPSA) is 97.3 Å². The summed E-state index contributed by atoms with van der Waals surface area (Å²) in [5.41, 5.74) is 8.57. The number of hydrogen-bond donors (Lipinski definition) is 3. The molecule has 0 aliphatic carbocycles. The minimum Gasteiger partial charge on any atom is -0.369 e. The van der Waals surface area contributed by atoms with Crippen LogP contribution >= 0.6 is 24.0 Å². The number of imidazole rings is 1. The van der Waals surface area contributed by atoms with Crippen LogP contribution in [0.2, 0.25) is 0 Å². The van der Waals surface area contributed by atoms with E-state index in [1.807, 2.05) is 32.0 Å². The summed E-state index contributed by atoms with van der Waals surface area (Å²) >= 11 is 0. The largest absolute Gasteiger partial charge is 0.369 e. The zero-order valence-corrected chi connectivity index (χ0v) is 21.4. The number of guanidine groups is 1. The smallest absolute Gasteiger partial charge is 0.222 e. The minimum absolute atomic E-state index is 0. The number of fused-ring (bicyclic) bond motifs is 1. The summed E-state index contributed by atoms with van der Waals surface area (Å²) in [5.74, 6) is 0.453. The fourth-order valence-corrected chi connectivity index (χ4v) is 3.63. The van der Waals surface area contributed by atoms with Crippen molar-refractivity contribution in [3.8, 4) is 0 Å². The van der Waals surface area contributed by atoms with Crippen LogP contribution in [0.25, 0.3) is 11.0 Å². The molecule has 1 unspecified atom stereocenters. The highest BCUT2D eigenvalue weighted by Gasteiger charge is 2.16. The number of aryl methyl sites for hydroxylation is 2. The summed E-state index contributed by atoms with van der Waals surface area (Å²) in [7, 11) is 0. The van der Waals surface area contributed by atoms with Crippen molar-refractivity contribution in [3.05, 3.63) is 65.7 Å². The van der Waals surface area contributed by atoms with Gasteiger partial charge in [0, 0.05) is 19.6 Å². The van der Waals surface area contributed by atoms with Gasteiger partial charge in [0.1, 0.15) is 11.6 Å². The van der Waals surface area contributed by atoms with Crippen molar-refractivity contribution in [1.29, 1.82) is 0 Å². The number of aromatic nitrogens is 2. The fraction of sp³-hybridized carbons (Fsp3) is 0.375. The molecule has 33 heavy (non-hydrogen) atoms. The van der Waals surface area contributed by atoms with Gasteiger partial charge < -0.3 is 20.9 Å². The maximum atomic E-state index is 13.1. The molecule has 0 bridgehead atoms. The number of rotatable bonds is 10. The van der Waals surface area contributed by atoms with Gasteiger partial charge in [-0.2, -0.15) is 0 Å². The maximum Gasteiger partial charge on any atom is 0.222 e. The molecule has 7 nitrogen and oxygen atoms in total. The van der Waals surface area contributed by atoms with Gasteiger partial charge in [0.15, 0.2) is 5.96 Å². The second-order valence-corrected chi connectivity index (χ2v) is 7.73.